The van der Waals surface area contributed by atoms with Crippen LogP contribution in [0.4, 0.5) is 0 Å². The van der Waals surface area contributed by atoms with Crippen LogP contribution < -0.4 is 0 Å². The molecule has 2 aromatic heterocycles. The zero-order valence-corrected chi connectivity index (χ0v) is 32.7. The van der Waals surface area contributed by atoms with Gasteiger partial charge in [-0.3, -0.25) is 0 Å². The van der Waals surface area contributed by atoms with E-state index in [2.05, 4.69) is 212 Å². The molecule has 0 saturated carbocycles. The van der Waals surface area contributed by atoms with Gasteiger partial charge in [-0.15, -0.1) is 0 Å². The largest absolute Gasteiger partial charge is 0.245 e. The van der Waals surface area contributed by atoms with Gasteiger partial charge < -0.3 is 0 Å². The van der Waals surface area contributed by atoms with E-state index < -0.39 is 0 Å². The monoisotopic (exact) mass is 760 g/mol. The average Bonchev–Trinajstić information content (AvgIpc) is 3.32. The molecule has 0 radical (unpaired) electrons. The highest BCUT2D eigenvalue weighted by molar-refractivity contribution is 6.22. The van der Waals surface area contributed by atoms with Gasteiger partial charge in [0.2, 0.25) is 0 Å². The molecule has 0 N–H and O–H groups in total. The van der Waals surface area contributed by atoms with Crippen molar-refractivity contribution < 1.29 is 0 Å². The first-order valence-corrected chi connectivity index (χ1v) is 20.6. The first kappa shape index (κ1) is 34.1. The molecule has 0 unspecified atom stereocenters. The van der Waals surface area contributed by atoms with Crippen molar-refractivity contribution in [2.45, 2.75) is 0 Å². The average molecular weight is 761 g/mol. The smallest absolute Gasteiger partial charge is 0.0972 e. The molecule has 2 nitrogen and oxygen atoms in total. The number of aromatic nitrogens is 2. The second-order valence-corrected chi connectivity index (χ2v) is 15.7. The molecule has 0 amide bonds. The van der Waals surface area contributed by atoms with Gasteiger partial charge in [-0.1, -0.05) is 188 Å². The van der Waals surface area contributed by atoms with E-state index in [9.17, 15) is 0 Å². The molecule has 0 aliphatic carbocycles. The predicted molar refractivity (Wildman–Crippen MR) is 254 cm³/mol. The van der Waals surface area contributed by atoms with Crippen molar-refractivity contribution in [3.63, 3.8) is 0 Å². The maximum Gasteiger partial charge on any atom is 0.0972 e. The molecule has 60 heavy (non-hydrogen) atoms. The van der Waals surface area contributed by atoms with Crippen LogP contribution in [0.2, 0.25) is 0 Å². The summed E-state index contributed by atoms with van der Waals surface area (Å²) in [6.45, 7) is 0. The number of fused-ring (bicyclic) bond motifs is 7. The Morgan fingerprint density at radius 3 is 1.20 bits per heavy atom. The van der Waals surface area contributed by atoms with Gasteiger partial charge in [-0.05, 0) is 107 Å². The van der Waals surface area contributed by atoms with Crippen molar-refractivity contribution in [1.29, 1.82) is 0 Å². The molecular weight excluding hydrogens is 725 g/mol. The summed E-state index contributed by atoms with van der Waals surface area (Å²) in [6.07, 6.45) is 0. The van der Waals surface area contributed by atoms with E-state index in [0.717, 1.165) is 49.9 Å². The summed E-state index contributed by atoms with van der Waals surface area (Å²) in [5.74, 6) is 0. The van der Waals surface area contributed by atoms with E-state index in [1.807, 2.05) is 6.07 Å². The molecule has 2 heteroatoms. The van der Waals surface area contributed by atoms with Crippen LogP contribution in [-0.2, 0) is 0 Å². The molecular formula is C58H36N2. The highest BCUT2D eigenvalue weighted by Crippen LogP contribution is 2.46. The summed E-state index contributed by atoms with van der Waals surface area (Å²) in [4.78, 5) is 10.4. The van der Waals surface area contributed by atoms with Gasteiger partial charge >= 0.3 is 0 Å². The number of hydrogen-bond acceptors (Lipinski definition) is 2. The highest BCUT2D eigenvalue weighted by Gasteiger charge is 2.18. The Hall–Kier alpha value is -7.94. The first-order chi connectivity index (χ1) is 29.7. The van der Waals surface area contributed by atoms with Gasteiger partial charge in [0.25, 0.3) is 0 Å². The van der Waals surface area contributed by atoms with Crippen molar-refractivity contribution in [3.8, 4) is 55.9 Å². The predicted octanol–water partition coefficient (Wildman–Crippen LogP) is 15.7. The Bertz CT molecular complexity index is 3640. The van der Waals surface area contributed by atoms with Crippen LogP contribution in [0.3, 0.4) is 0 Å². The third-order valence-corrected chi connectivity index (χ3v) is 12.2. The summed E-state index contributed by atoms with van der Waals surface area (Å²) in [7, 11) is 0. The fourth-order valence-corrected chi connectivity index (χ4v) is 9.20. The number of hydrogen-bond donors (Lipinski definition) is 0. The third-order valence-electron chi connectivity index (χ3n) is 12.2. The lowest BCUT2D eigenvalue weighted by Gasteiger charge is -2.19. The summed E-state index contributed by atoms with van der Waals surface area (Å²) >= 11 is 0. The minimum absolute atomic E-state index is 0.914. The quantitative estimate of drug-likeness (QED) is 0.129. The molecule has 12 rings (SSSR count). The van der Waals surface area contributed by atoms with Gasteiger partial charge in [0, 0.05) is 21.9 Å². The lowest BCUT2D eigenvalue weighted by molar-refractivity contribution is 1.36. The first-order valence-electron chi connectivity index (χ1n) is 20.6. The Morgan fingerprint density at radius 2 is 0.617 bits per heavy atom. The molecule has 0 bridgehead atoms. The number of benzene rings is 10. The highest BCUT2D eigenvalue weighted by atomic mass is 14.8. The topological polar surface area (TPSA) is 25.8 Å². The second kappa shape index (κ2) is 13.9. The number of rotatable bonds is 5. The van der Waals surface area contributed by atoms with E-state index in [1.54, 1.807) is 0 Å². The molecule has 0 aliphatic heterocycles. The maximum absolute atomic E-state index is 5.24. The Labute approximate surface area is 347 Å². The molecule has 0 spiro atoms. The van der Waals surface area contributed by atoms with E-state index in [4.69, 9.17) is 9.97 Å². The van der Waals surface area contributed by atoms with Crippen LogP contribution in [0.25, 0.3) is 121 Å². The molecule has 2 heterocycles. The van der Waals surface area contributed by atoms with E-state index in [-0.39, 0.29) is 0 Å². The lowest BCUT2D eigenvalue weighted by atomic mass is 9.84. The molecule has 12 aromatic rings. The fraction of sp³-hybridized carbons (Fsp3) is 0. The standard InChI is InChI=1S/C58H36N2/c1-2-12-40(13-3-1)53-32-29-42-24-25-43-30-33-54(60-58(43)57(42)59-53)41-22-18-39(19-23-41)46-28-31-51-52(36-46)56(48-27-21-38-11-5-7-15-45(38)35-48)50-17-9-8-16-49(50)55(51)47-26-20-37-10-4-6-14-44(37)34-47/h1-36H. The van der Waals surface area contributed by atoms with Gasteiger partial charge in [0.1, 0.15) is 0 Å². The van der Waals surface area contributed by atoms with Crippen LogP contribution in [-0.4, -0.2) is 9.97 Å². The summed E-state index contributed by atoms with van der Waals surface area (Å²) in [5, 5.41) is 12.1. The number of pyridine rings is 2. The van der Waals surface area contributed by atoms with Crippen LogP contribution in [0.1, 0.15) is 0 Å². The minimum atomic E-state index is 0.914. The molecule has 0 fully saturated rings. The van der Waals surface area contributed by atoms with Crippen molar-refractivity contribution >= 4 is 64.9 Å². The maximum atomic E-state index is 5.24. The van der Waals surface area contributed by atoms with Crippen LogP contribution >= 0.6 is 0 Å². The molecule has 0 atom stereocenters. The second-order valence-electron chi connectivity index (χ2n) is 15.7. The Balaban J connectivity index is 1.01. The van der Waals surface area contributed by atoms with Crippen molar-refractivity contribution in [2.75, 3.05) is 0 Å². The van der Waals surface area contributed by atoms with E-state index in [1.165, 1.54) is 70.9 Å². The zero-order chi connectivity index (χ0) is 39.6. The van der Waals surface area contributed by atoms with Gasteiger partial charge in [-0.25, -0.2) is 9.97 Å². The van der Waals surface area contributed by atoms with Gasteiger partial charge in [-0.2, -0.15) is 0 Å². The van der Waals surface area contributed by atoms with E-state index in [0.29, 0.717) is 0 Å². The zero-order valence-electron chi connectivity index (χ0n) is 32.7. The molecule has 0 saturated heterocycles. The normalized spacial score (nSPS) is 11.7. The van der Waals surface area contributed by atoms with Crippen LogP contribution in [0.15, 0.2) is 218 Å². The lowest BCUT2D eigenvalue weighted by Crippen LogP contribution is -1.92. The molecule has 0 aliphatic rings. The van der Waals surface area contributed by atoms with Crippen molar-refractivity contribution in [1.82, 2.24) is 9.97 Å². The molecule has 278 valence electrons. The number of nitrogens with zero attached hydrogens (tertiary/aromatic N) is 2. The Kier molecular flexibility index (Phi) is 7.89. The fourth-order valence-electron chi connectivity index (χ4n) is 9.20. The summed E-state index contributed by atoms with van der Waals surface area (Å²) in [6, 6.07) is 79.0. The molecule has 10 aromatic carbocycles. The van der Waals surface area contributed by atoms with Gasteiger partial charge in [0.15, 0.2) is 0 Å². The Morgan fingerprint density at radius 1 is 0.217 bits per heavy atom. The van der Waals surface area contributed by atoms with Gasteiger partial charge in [0.05, 0.1) is 22.4 Å². The summed E-state index contributed by atoms with van der Waals surface area (Å²) in [5.41, 5.74) is 13.2. The van der Waals surface area contributed by atoms with E-state index >= 15 is 0 Å². The van der Waals surface area contributed by atoms with Crippen molar-refractivity contribution in [2.24, 2.45) is 0 Å². The SMILES string of the molecule is c1ccc(-c2ccc3ccc4ccc(-c5ccc(-c6ccc7c(-c8ccc9ccccc9c8)c8ccccc8c(-c8ccc9ccccc9c8)c7c6)cc5)nc4c3n2)cc1. The minimum Gasteiger partial charge on any atom is -0.245 e. The third kappa shape index (κ3) is 5.73. The summed E-state index contributed by atoms with van der Waals surface area (Å²) < 4.78 is 0. The van der Waals surface area contributed by atoms with Crippen LogP contribution in [0.5, 0.6) is 0 Å². The van der Waals surface area contributed by atoms with Crippen molar-refractivity contribution in [3.05, 3.63) is 218 Å². The van der Waals surface area contributed by atoms with Crippen LogP contribution in [0, 0.1) is 0 Å².